The summed E-state index contributed by atoms with van der Waals surface area (Å²) in [7, 11) is 1.99. The number of carbonyl (C=O) groups excluding carboxylic acids is 1. The van der Waals surface area contributed by atoms with E-state index in [0.29, 0.717) is 12.3 Å². The number of carbonyl (C=O) groups is 1. The third kappa shape index (κ3) is 3.43. The zero-order valence-electron chi connectivity index (χ0n) is 17.5. The molecule has 2 aliphatic rings. The van der Waals surface area contributed by atoms with Gasteiger partial charge in [0.1, 0.15) is 0 Å². The highest BCUT2D eigenvalue weighted by atomic mass is 16.2. The molecule has 2 fully saturated rings. The van der Waals surface area contributed by atoms with Gasteiger partial charge in [0.15, 0.2) is 0 Å². The molecule has 5 rings (SSSR count). The molecule has 0 radical (unpaired) electrons. The van der Waals surface area contributed by atoms with Crippen molar-refractivity contribution in [2.24, 2.45) is 0 Å². The number of piperidine rings is 1. The van der Waals surface area contributed by atoms with Gasteiger partial charge in [-0.3, -0.25) is 9.69 Å². The van der Waals surface area contributed by atoms with Crippen LogP contribution >= 0.6 is 0 Å². The fourth-order valence-corrected chi connectivity index (χ4v) is 4.97. The summed E-state index contributed by atoms with van der Waals surface area (Å²) in [6.07, 6.45) is 6.01. The maximum Gasteiger partial charge on any atom is 0.222 e. The molecule has 2 aromatic carbocycles. The highest BCUT2D eigenvalue weighted by molar-refractivity contribution is 5.79. The summed E-state index contributed by atoms with van der Waals surface area (Å²) in [5.41, 5.74) is 4.61. The Hall–Kier alpha value is -2.92. The molecule has 0 N–H and O–H groups in total. The van der Waals surface area contributed by atoms with E-state index in [0.717, 1.165) is 55.8 Å². The van der Waals surface area contributed by atoms with Crippen LogP contribution in [0.25, 0.3) is 16.9 Å². The SMILES string of the molecule is CN1C(=O)CCC12CCN(Cc1cn(-c3ccccc3)nc1-c1ccccc1)CC2. The van der Waals surface area contributed by atoms with Crippen molar-refractivity contribution < 1.29 is 4.79 Å². The lowest BCUT2D eigenvalue weighted by molar-refractivity contribution is -0.130. The minimum Gasteiger partial charge on any atom is -0.340 e. The van der Waals surface area contributed by atoms with E-state index in [1.165, 1.54) is 5.56 Å². The van der Waals surface area contributed by atoms with Gasteiger partial charge in [-0.05, 0) is 31.4 Å². The van der Waals surface area contributed by atoms with E-state index < -0.39 is 0 Å². The highest BCUT2D eigenvalue weighted by Gasteiger charge is 2.44. The van der Waals surface area contributed by atoms with E-state index in [4.69, 9.17) is 5.10 Å². The Morgan fingerprint density at radius 2 is 1.60 bits per heavy atom. The highest BCUT2D eigenvalue weighted by Crippen LogP contribution is 2.38. The van der Waals surface area contributed by atoms with Crippen molar-refractivity contribution in [3.63, 3.8) is 0 Å². The van der Waals surface area contributed by atoms with Crippen LogP contribution < -0.4 is 0 Å². The lowest BCUT2D eigenvalue weighted by Crippen LogP contribution is -2.51. The van der Waals surface area contributed by atoms with Gasteiger partial charge < -0.3 is 4.90 Å². The van der Waals surface area contributed by atoms with Gasteiger partial charge in [0.25, 0.3) is 0 Å². The molecule has 0 aliphatic carbocycles. The molecule has 5 nitrogen and oxygen atoms in total. The van der Waals surface area contributed by atoms with Crippen molar-refractivity contribution in [3.05, 3.63) is 72.4 Å². The second-order valence-corrected chi connectivity index (χ2v) is 8.60. The van der Waals surface area contributed by atoms with Crippen LogP contribution in [0.5, 0.6) is 0 Å². The first-order valence-corrected chi connectivity index (χ1v) is 10.8. The van der Waals surface area contributed by atoms with E-state index in [1.807, 2.05) is 40.9 Å². The Bertz CT molecular complexity index is 1020. The molecule has 2 aliphatic heterocycles. The maximum absolute atomic E-state index is 12.1. The number of benzene rings is 2. The molecule has 5 heteroatoms. The van der Waals surface area contributed by atoms with Gasteiger partial charge in [-0.15, -0.1) is 0 Å². The molecule has 0 saturated carbocycles. The second-order valence-electron chi connectivity index (χ2n) is 8.60. The summed E-state index contributed by atoms with van der Waals surface area (Å²) in [6.45, 7) is 2.91. The summed E-state index contributed by atoms with van der Waals surface area (Å²) in [6, 6.07) is 20.7. The number of rotatable bonds is 4. The Balaban J connectivity index is 1.39. The van der Waals surface area contributed by atoms with E-state index in [1.54, 1.807) is 0 Å². The predicted octanol–water partition coefficient (Wildman–Crippen LogP) is 4.13. The Morgan fingerprint density at radius 3 is 2.23 bits per heavy atom. The molecule has 0 atom stereocenters. The number of aromatic nitrogens is 2. The van der Waals surface area contributed by atoms with Gasteiger partial charge in [-0.2, -0.15) is 5.10 Å². The molecule has 154 valence electrons. The van der Waals surface area contributed by atoms with E-state index in [9.17, 15) is 4.79 Å². The third-order valence-electron chi connectivity index (χ3n) is 6.93. The molecule has 0 unspecified atom stereocenters. The summed E-state index contributed by atoms with van der Waals surface area (Å²) in [5, 5.41) is 4.95. The zero-order chi connectivity index (χ0) is 20.6. The van der Waals surface area contributed by atoms with Crippen LogP contribution in [0.2, 0.25) is 0 Å². The second kappa shape index (κ2) is 7.73. The topological polar surface area (TPSA) is 41.4 Å². The summed E-state index contributed by atoms with van der Waals surface area (Å²) in [5.74, 6) is 0.305. The average Bonchev–Trinajstić information content (AvgIpc) is 3.34. The fourth-order valence-electron chi connectivity index (χ4n) is 4.97. The quantitative estimate of drug-likeness (QED) is 0.661. The van der Waals surface area contributed by atoms with Crippen molar-refractivity contribution in [2.75, 3.05) is 20.1 Å². The summed E-state index contributed by atoms with van der Waals surface area (Å²) in [4.78, 5) is 16.6. The maximum atomic E-state index is 12.1. The van der Waals surface area contributed by atoms with Gasteiger partial charge in [0.05, 0.1) is 11.4 Å². The van der Waals surface area contributed by atoms with Crippen molar-refractivity contribution >= 4 is 5.91 Å². The number of likely N-dealkylation sites (tertiary alicyclic amines) is 2. The van der Waals surface area contributed by atoms with Gasteiger partial charge >= 0.3 is 0 Å². The minimum absolute atomic E-state index is 0.0874. The molecular weight excluding hydrogens is 372 g/mol. The van der Waals surface area contributed by atoms with Crippen LogP contribution in [-0.4, -0.2) is 51.2 Å². The van der Waals surface area contributed by atoms with Crippen LogP contribution in [0.1, 0.15) is 31.2 Å². The van der Waals surface area contributed by atoms with Crippen LogP contribution in [0.3, 0.4) is 0 Å². The van der Waals surface area contributed by atoms with Crippen molar-refractivity contribution in [2.45, 2.75) is 37.8 Å². The lowest BCUT2D eigenvalue weighted by atomic mass is 9.85. The van der Waals surface area contributed by atoms with Crippen LogP contribution in [0.4, 0.5) is 0 Å². The average molecular weight is 401 g/mol. The van der Waals surface area contributed by atoms with Crippen LogP contribution in [0, 0.1) is 0 Å². The number of hydrogen-bond donors (Lipinski definition) is 0. The van der Waals surface area contributed by atoms with Crippen molar-refractivity contribution in [1.82, 2.24) is 19.6 Å². The number of amides is 1. The Labute approximate surface area is 177 Å². The van der Waals surface area contributed by atoms with E-state index in [-0.39, 0.29) is 5.54 Å². The molecule has 1 amide bonds. The standard InChI is InChI=1S/C25H28N4O/c1-27-23(30)12-13-25(27)14-16-28(17-15-25)18-21-19-29(22-10-6-3-7-11-22)26-24(21)20-8-4-2-5-9-20/h2-11,19H,12-18H2,1H3. The first kappa shape index (κ1) is 19.1. The van der Waals surface area contributed by atoms with Crippen molar-refractivity contribution in [1.29, 1.82) is 0 Å². The van der Waals surface area contributed by atoms with Gasteiger partial charge in [-0.1, -0.05) is 48.5 Å². The van der Waals surface area contributed by atoms with Gasteiger partial charge in [-0.25, -0.2) is 4.68 Å². The first-order chi connectivity index (χ1) is 14.6. The van der Waals surface area contributed by atoms with E-state index in [2.05, 4.69) is 47.5 Å². The number of nitrogens with zero attached hydrogens (tertiary/aromatic N) is 4. The monoisotopic (exact) mass is 400 g/mol. The first-order valence-electron chi connectivity index (χ1n) is 10.8. The predicted molar refractivity (Wildman–Crippen MR) is 118 cm³/mol. The molecule has 3 heterocycles. The molecular formula is C25H28N4O. The van der Waals surface area contributed by atoms with Gasteiger partial charge in [0, 0.05) is 56.0 Å². The largest absolute Gasteiger partial charge is 0.340 e. The molecule has 3 aromatic rings. The van der Waals surface area contributed by atoms with Crippen molar-refractivity contribution in [3.8, 4) is 16.9 Å². The Kier molecular flexibility index (Phi) is 4.91. The zero-order valence-corrected chi connectivity index (χ0v) is 17.5. The normalized spacial score (nSPS) is 19.0. The minimum atomic E-state index is 0.0874. The van der Waals surface area contributed by atoms with Crippen LogP contribution in [0.15, 0.2) is 66.9 Å². The third-order valence-corrected chi connectivity index (χ3v) is 6.93. The van der Waals surface area contributed by atoms with E-state index >= 15 is 0 Å². The molecule has 2 saturated heterocycles. The number of hydrogen-bond acceptors (Lipinski definition) is 3. The molecule has 1 spiro atoms. The van der Waals surface area contributed by atoms with Crippen LogP contribution in [-0.2, 0) is 11.3 Å². The van der Waals surface area contributed by atoms with Gasteiger partial charge in [0.2, 0.25) is 5.91 Å². The molecule has 30 heavy (non-hydrogen) atoms. The smallest absolute Gasteiger partial charge is 0.222 e. The molecule has 1 aromatic heterocycles. The number of para-hydroxylation sites is 1. The summed E-state index contributed by atoms with van der Waals surface area (Å²) >= 11 is 0. The lowest BCUT2D eigenvalue weighted by Gasteiger charge is -2.43. The summed E-state index contributed by atoms with van der Waals surface area (Å²) < 4.78 is 1.99. The Morgan fingerprint density at radius 1 is 0.933 bits per heavy atom. The molecule has 0 bridgehead atoms. The fraction of sp³-hybridized carbons (Fsp3) is 0.360.